The van der Waals surface area contributed by atoms with Gasteiger partial charge >= 0.3 is 0 Å². The number of ether oxygens (including phenoxy) is 1. The molecule has 1 aromatic carbocycles. The average Bonchev–Trinajstić information content (AvgIpc) is 3.52. The van der Waals surface area contributed by atoms with Gasteiger partial charge in [-0.2, -0.15) is 0 Å². The first-order valence-corrected chi connectivity index (χ1v) is 14.2. The largest absolute Gasteiger partial charge is 0.392 e. The summed E-state index contributed by atoms with van der Waals surface area (Å²) in [4.78, 5) is 28.5. The first-order chi connectivity index (χ1) is 17.3. The number of aromatic nitrogens is 2. The summed E-state index contributed by atoms with van der Waals surface area (Å²) < 4.78 is 30.8. The normalized spacial score (nSPS) is 20.5. The molecule has 2 atom stereocenters. The zero-order valence-electron chi connectivity index (χ0n) is 19.7. The predicted octanol–water partition coefficient (Wildman–Crippen LogP) is 3.53. The Balaban J connectivity index is 1.39. The zero-order chi connectivity index (χ0) is 25.3. The maximum atomic E-state index is 13.3. The maximum absolute atomic E-state index is 13.3. The maximum Gasteiger partial charge on any atom is 0.280 e. The van der Waals surface area contributed by atoms with Gasteiger partial charge in [-0.25, -0.2) is 18.4 Å². The highest BCUT2D eigenvalue weighted by Gasteiger charge is 2.37. The number of hydrogen-bond acceptors (Lipinski definition) is 10. The van der Waals surface area contributed by atoms with Crippen LogP contribution in [0.25, 0.3) is 10.3 Å². The third kappa shape index (κ3) is 5.35. The summed E-state index contributed by atoms with van der Waals surface area (Å²) in [7, 11) is -3.34. The van der Waals surface area contributed by atoms with Crippen molar-refractivity contribution in [3.05, 3.63) is 42.0 Å². The Hall–Kier alpha value is -3.09. The summed E-state index contributed by atoms with van der Waals surface area (Å²) in [5.41, 5.74) is 6.82. The molecule has 3 aromatic rings. The lowest BCUT2D eigenvalue weighted by molar-refractivity contribution is -0.110. The van der Waals surface area contributed by atoms with Crippen molar-refractivity contribution in [2.75, 3.05) is 17.7 Å². The minimum atomic E-state index is -3.34. The second kappa shape index (κ2) is 10.1. The second-order valence-electron chi connectivity index (χ2n) is 8.86. The van der Waals surface area contributed by atoms with Crippen molar-refractivity contribution in [2.45, 2.75) is 61.4 Å². The van der Waals surface area contributed by atoms with Gasteiger partial charge < -0.3 is 15.3 Å². The molecule has 0 bridgehead atoms. The van der Waals surface area contributed by atoms with Crippen molar-refractivity contribution in [3.63, 3.8) is 0 Å². The van der Waals surface area contributed by atoms with E-state index in [1.165, 1.54) is 23.5 Å². The van der Waals surface area contributed by atoms with Crippen molar-refractivity contribution in [2.24, 2.45) is 5.16 Å². The minimum absolute atomic E-state index is 0.0250. The third-order valence-electron chi connectivity index (χ3n) is 6.16. The number of nitrogens with one attached hydrogen (secondary N) is 1. The summed E-state index contributed by atoms with van der Waals surface area (Å²) in [5.74, 6) is -0.165. The number of hydrogen-bond donors (Lipinski definition) is 2. The van der Waals surface area contributed by atoms with E-state index in [0.29, 0.717) is 52.7 Å². The summed E-state index contributed by atoms with van der Waals surface area (Å²) in [6, 6.07) is 9.55. The molecule has 0 aliphatic heterocycles. The van der Waals surface area contributed by atoms with E-state index < -0.39 is 15.7 Å². The summed E-state index contributed by atoms with van der Waals surface area (Å²) in [5, 5.41) is 7.00. The molecular formula is C24H27N5O5S2. The molecule has 0 spiro atoms. The van der Waals surface area contributed by atoms with E-state index in [-0.39, 0.29) is 28.1 Å². The smallest absolute Gasteiger partial charge is 0.280 e. The topological polar surface area (TPSA) is 146 Å². The number of nitrogen functional groups attached to an aromatic ring is 1. The highest BCUT2D eigenvalue weighted by Crippen LogP contribution is 2.33. The molecule has 10 nitrogen and oxygen atoms in total. The lowest BCUT2D eigenvalue weighted by atomic mass is 10.1. The molecule has 3 N–H and O–H groups in total. The lowest BCUT2D eigenvalue weighted by Gasteiger charge is -2.12. The van der Waals surface area contributed by atoms with Gasteiger partial charge in [0.15, 0.2) is 20.7 Å². The number of oxime groups is 1. The van der Waals surface area contributed by atoms with Crippen LogP contribution in [0, 0.1) is 0 Å². The first kappa shape index (κ1) is 24.6. The molecule has 5 rings (SSSR count). The van der Waals surface area contributed by atoms with Gasteiger partial charge in [0.25, 0.3) is 5.91 Å². The number of carbonyl (C=O) groups excluding carboxylic acids is 1. The Kier molecular flexibility index (Phi) is 6.91. The van der Waals surface area contributed by atoms with E-state index in [1.807, 2.05) is 6.92 Å². The SMILES string of the molecule is CCO[C@@H]1CC[C@@H](ON=C(C(=O)Nc2nc3ccc(N)nc3s2)c2ccc(S(=O)(=O)C3CC3)cc2)C1. The molecule has 2 aromatic heterocycles. The van der Waals surface area contributed by atoms with Crippen molar-refractivity contribution >= 4 is 54.1 Å². The standard InChI is InChI=1S/C24H27N5O5S2/c1-2-33-15-5-6-16(13-15)34-29-21(14-3-7-17(8-4-14)36(31,32)18-9-10-18)22(30)28-24-26-19-11-12-20(25)27-23(19)35-24/h3-4,7-8,11-12,15-16,18H,2,5-6,9-10,13H2,1H3,(H2,25,27)(H,26,28,30)/t15-,16-/m1/s1. The van der Waals surface area contributed by atoms with Gasteiger partial charge in [-0.3, -0.25) is 10.1 Å². The number of pyridine rings is 1. The van der Waals surface area contributed by atoms with Crippen LogP contribution >= 0.6 is 11.3 Å². The van der Waals surface area contributed by atoms with Crippen molar-refractivity contribution in [1.29, 1.82) is 0 Å². The second-order valence-corrected chi connectivity index (χ2v) is 12.1. The number of nitrogens with zero attached hydrogens (tertiary/aromatic N) is 3. The Labute approximate surface area is 212 Å². The Bertz CT molecular complexity index is 1400. The number of fused-ring (bicyclic) bond motifs is 1. The first-order valence-electron chi connectivity index (χ1n) is 11.9. The van der Waals surface area contributed by atoms with Crippen LogP contribution in [0.3, 0.4) is 0 Å². The fourth-order valence-electron chi connectivity index (χ4n) is 4.15. The third-order valence-corrected chi connectivity index (χ3v) is 9.32. The number of nitrogens with two attached hydrogens (primary N) is 1. The fourth-order valence-corrected chi connectivity index (χ4v) is 6.65. The molecule has 1 amide bonds. The highest BCUT2D eigenvalue weighted by molar-refractivity contribution is 7.92. The van der Waals surface area contributed by atoms with Crippen LogP contribution in [0.4, 0.5) is 10.9 Å². The van der Waals surface area contributed by atoms with Crippen LogP contribution in [0.2, 0.25) is 0 Å². The van der Waals surface area contributed by atoms with Gasteiger partial charge in [-0.1, -0.05) is 28.6 Å². The molecule has 2 saturated carbocycles. The fraction of sp³-hybridized carbons (Fsp3) is 0.417. The monoisotopic (exact) mass is 529 g/mol. The molecule has 0 saturated heterocycles. The Morgan fingerprint density at radius 2 is 1.86 bits per heavy atom. The van der Waals surface area contributed by atoms with Crippen LogP contribution in [-0.2, 0) is 24.2 Å². The molecule has 36 heavy (non-hydrogen) atoms. The average molecular weight is 530 g/mol. The van der Waals surface area contributed by atoms with Gasteiger partial charge in [0.1, 0.15) is 22.3 Å². The molecule has 2 fully saturated rings. The Morgan fingerprint density at radius 1 is 1.11 bits per heavy atom. The van der Waals surface area contributed by atoms with E-state index in [0.717, 1.165) is 12.8 Å². The molecule has 2 aliphatic rings. The summed E-state index contributed by atoms with van der Waals surface area (Å²) in [6.07, 6.45) is 3.63. The van der Waals surface area contributed by atoms with Gasteiger partial charge in [0.05, 0.1) is 16.2 Å². The van der Waals surface area contributed by atoms with E-state index in [9.17, 15) is 13.2 Å². The molecule has 0 radical (unpaired) electrons. The van der Waals surface area contributed by atoms with E-state index in [4.69, 9.17) is 15.3 Å². The molecule has 0 unspecified atom stereocenters. The van der Waals surface area contributed by atoms with Crippen LogP contribution in [0.15, 0.2) is 46.4 Å². The van der Waals surface area contributed by atoms with Gasteiger partial charge in [-0.15, -0.1) is 0 Å². The van der Waals surface area contributed by atoms with Crippen LogP contribution < -0.4 is 11.1 Å². The van der Waals surface area contributed by atoms with Crippen molar-refractivity contribution < 1.29 is 22.8 Å². The number of thiazole rings is 1. The molecule has 12 heteroatoms. The summed E-state index contributed by atoms with van der Waals surface area (Å²) in [6.45, 7) is 2.58. The molecule has 190 valence electrons. The Morgan fingerprint density at radius 3 is 2.58 bits per heavy atom. The molecule has 2 heterocycles. The number of rotatable bonds is 9. The molecule has 2 aliphatic carbocycles. The number of amides is 1. The lowest BCUT2D eigenvalue weighted by Crippen LogP contribution is -2.25. The quantitative estimate of drug-likeness (QED) is 0.316. The van der Waals surface area contributed by atoms with E-state index >= 15 is 0 Å². The molecular weight excluding hydrogens is 502 g/mol. The van der Waals surface area contributed by atoms with Gasteiger partial charge in [-0.05, 0) is 56.9 Å². The number of carbonyl (C=O) groups is 1. The minimum Gasteiger partial charge on any atom is -0.392 e. The van der Waals surface area contributed by atoms with Crippen molar-refractivity contribution in [3.8, 4) is 0 Å². The van der Waals surface area contributed by atoms with Crippen LogP contribution in [0.1, 0.15) is 44.6 Å². The number of anilines is 2. The van der Waals surface area contributed by atoms with Crippen LogP contribution in [0.5, 0.6) is 0 Å². The van der Waals surface area contributed by atoms with Gasteiger partial charge in [0, 0.05) is 18.6 Å². The number of benzene rings is 1. The number of sulfone groups is 1. The van der Waals surface area contributed by atoms with E-state index in [2.05, 4.69) is 20.4 Å². The van der Waals surface area contributed by atoms with Crippen LogP contribution in [-0.4, -0.2) is 54.1 Å². The summed E-state index contributed by atoms with van der Waals surface area (Å²) >= 11 is 1.19. The van der Waals surface area contributed by atoms with Gasteiger partial charge in [0.2, 0.25) is 0 Å². The highest BCUT2D eigenvalue weighted by atomic mass is 32.2. The predicted molar refractivity (Wildman–Crippen MR) is 138 cm³/mol. The van der Waals surface area contributed by atoms with E-state index in [1.54, 1.807) is 24.3 Å². The van der Waals surface area contributed by atoms with Crippen molar-refractivity contribution in [1.82, 2.24) is 9.97 Å². The zero-order valence-corrected chi connectivity index (χ0v) is 21.3.